The Morgan fingerprint density at radius 3 is 2.57 bits per heavy atom. The highest BCUT2D eigenvalue weighted by Gasteiger charge is 2.26. The second kappa shape index (κ2) is 4.30. The highest BCUT2D eigenvalue weighted by molar-refractivity contribution is 5.77. The summed E-state index contributed by atoms with van der Waals surface area (Å²) in [4.78, 5) is 13.6. The average molecular weight is 199 g/mol. The molecule has 1 rings (SSSR count). The van der Waals surface area contributed by atoms with Crippen LogP contribution in [-0.4, -0.2) is 36.1 Å². The first-order valence-corrected chi connectivity index (χ1v) is 5.29. The second-order valence-electron chi connectivity index (χ2n) is 4.96. The van der Waals surface area contributed by atoms with E-state index in [0.29, 0.717) is 6.42 Å². The first-order chi connectivity index (χ1) is 6.41. The molecule has 1 amide bonds. The fraction of sp³-hybridized carbons (Fsp3) is 0.909. The Hall–Kier alpha value is -0.570. The molecule has 0 aromatic heterocycles. The molecule has 1 aliphatic heterocycles. The van der Waals surface area contributed by atoms with Crippen LogP contribution in [0.4, 0.5) is 0 Å². The van der Waals surface area contributed by atoms with Gasteiger partial charge in [-0.1, -0.05) is 0 Å². The lowest BCUT2D eigenvalue weighted by Crippen LogP contribution is -2.43. The summed E-state index contributed by atoms with van der Waals surface area (Å²) in [6.45, 7) is 6.94. The Morgan fingerprint density at radius 2 is 2.14 bits per heavy atom. The van der Waals surface area contributed by atoms with Gasteiger partial charge in [-0.2, -0.15) is 0 Å². The summed E-state index contributed by atoms with van der Waals surface area (Å²) in [6.07, 6.45) is 2.82. The highest BCUT2D eigenvalue weighted by Crippen LogP contribution is 2.19. The minimum atomic E-state index is -0.0876. The van der Waals surface area contributed by atoms with E-state index in [-0.39, 0.29) is 17.6 Å². The molecule has 82 valence electrons. The first kappa shape index (κ1) is 11.5. The molecule has 1 unspecified atom stereocenters. The molecule has 3 heteroatoms. The van der Waals surface area contributed by atoms with Crippen LogP contribution in [0.15, 0.2) is 0 Å². The third-order valence-electron chi connectivity index (χ3n) is 2.81. The van der Waals surface area contributed by atoms with Gasteiger partial charge in [0.15, 0.2) is 0 Å². The van der Waals surface area contributed by atoms with Crippen molar-refractivity contribution in [2.45, 2.75) is 51.7 Å². The molecule has 14 heavy (non-hydrogen) atoms. The normalized spacial score (nSPS) is 22.4. The number of nitrogens with zero attached hydrogens (tertiary/aromatic N) is 1. The van der Waals surface area contributed by atoms with E-state index in [1.165, 1.54) is 0 Å². The molecule has 0 radical (unpaired) electrons. The van der Waals surface area contributed by atoms with Gasteiger partial charge >= 0.3 is 0 Å². The summed E-state index contributed by atoms with van der Waals surface area (Å²) in [7, 11) is 1.86. The van der Waals surface area contributed by atoms with E-state index in [0.717, 1.165) is 19.4 Å². The van der Waals surface area contributed by atoms with E-state index in [9.17, 15) is 4.79 Å². The van der Waals surface area contributed by atoms with E-state index >= 15 is 0 Å². The molecule has 1 heterocycles. The summed E-state index contributed by atoms with van der Waals surface area (Å²) >= 11 is 0. The lowest BCUT2D eigenvalue weighted by atomic mass is 10.1. The molecule has 0 saturated carbocycles. The largest absolute Gasteiger partial charge is 0.378 e. The summed E-state index contributed by atoms with van der Waals surface area (Å²) in [5, 5.41) is 0. The predicted molar refractivity (Wildman–Crippen MR) is 56.1 cm³/mol. The van der Waals surface area contributed by atoms with Gasteiger partial charge in [0.05, 0.1) is 12.5 Å². The van der Waals surface area contributed by atoms with Gasteiger partial charge in [0, 0.05) is 19.2 Å². The summed E-state index contributed by atoms with van der Waals surface area (Å²) < 4.78 is 5.44. The zero-order chi connectivity index (χ0) is 10.8. The number of hydrogen-bond donors (Lipinski definition) is 0. The Bertz CT molecular complexity index is 202. The number of carbonyl (C=O) groups excluding carboxylic acids is 1. The van der Waals surface area contributed by atoms with Crippen LogP contribution >= 0.6 is 0 Å². The quantitative estimate of drug-likeness (QED) is 0.679. The van der Waals surface area contributed by atoms with Gasteiger partial charge in [-0.15, -0.1) is 0 Å². The van der Waals surface area contributed by atoms with Crippen molar-refractivity contribution in [1.29, 1.82) is 0 Å². The van der Waals surface area contributed by atoms with Crippen LogP contribution in [0.25, 0.3) is 0 Å². The van der Waals surface area contributed by atoms with Crippen LogP contribution < -0.4 is 0 Å². The maximum absolute atomic E-state index is 11.8. The van der Waals surface area contributed by atoms with Crippen molar-refractivity contribution in [2.24, 2.45) is 0 Å². The number of carbonyl (C=O) groups is 1. The van der Waals surface area contributed by atoms with Gasteiger partial charge < -0.3 is 9.64 Å². The number of rotatable bonds is 2. The van der Waals surface area contributed by atoms with Crippen molar-refractivity contribution in [3.63, 3.8) is 0 Å². The number of ether oxygens (including phenoxy) is 1. The van der Waals surface area contributed by atoms with Crippen molar-refractivity contribution < 1.29 is 9.53 Å². The van der Waals surface area contributed by atoms with Crippen LogP contribution in [0.5, 0.6) is 0 Å². The van der Waals surface area contributed by atoms with Crippen molar-refractivity contribution >= 4 is 5.91 Å². The smallest absolute Gasteiger partial charge is 0.225 e. The Morgan fingerprint density at radius 1 is 1.50 bits per heavy atom. The molecule has 0 aromatic rings. The standard InChI is InChI=1S/C11H21NO2/c1-11(2,3)12(4)10(13)8-9-6-5-7-14-9/h9H,5-8H2,1-4H3. The lowest BCUT2D eigenvalue weighted by Gasteiger charge is -2.32. The lowest BCUT2D eigenvalue weighted by molar-refractivity contribution is -0.136. The van der Waals surface area contributed by atoms with Crippen LogP contribution in [0, 0.1) is 0 Å². The van der Waals surface area contributed by atoms with Gasteiger partial charge in [-0.05, 0) is 33.6 Å². The monoisotopic (exact) mass is 199 g/mol. The van der Waals surface area contributed by atoms with Gasteiger partial charge in [0.2, 0.25) is 5.91 Å². The predicted octanol–water partition coefficient (Wildman–Crippen LogP) is 1.81. The van der Waals surface area contributed by atoms with E-state index < -0.39 is 0 Å². The van der Waals surface area contributed by atoms with E-state index in [4.69, 9.17) is 4.74 Å². The molecule has 1 aliphatic rings. The van der Waals surface area contributed by atoms with Gasteiger partial charge in [-0.3, -0.25) is 4.79 Å². The van der Waals surface area contributed by atoms with E-state index in [1.54, 1.807) is 4.90 Å². The number of amides is 1. The zero-order valence-corrected chi connectivity index (χ0v) is 9.67. The van der Waals surface area contributed by atoms with Crippen LogP contribution in [0.1, 0.15) is 40.0 Å². The van der Waals surface area contributed by atoms with Gasteiger partial charge in [0.1, 0.15) is 0 Å². The average Bonchev–Trinajstić information content (AvgIpc) is 2.53. The van der Waals surface area contributed by atoms with Gasteiger partial charge in [0.25, 0.3) is 0 Å². The van der Waals surface area contributed by atoms with Crippen LogP contribution in [-0.2, 0) is 9.53 Å². The van der Waals surface area contributed by atoms with Crippen LogP contribution in [0.3, 0.4) is 0 Å². The molecular formula is C11H21NO2. The zero-order valence-electron chi connectivity index (χ0n) is 9.67. The molecule has 0 bridgehead atoms. The topological polar surface area (TPSA) is 29.5 Å². The van der Waals surface area contributed by atoms with Crippen molar-refractivity contribution in [3.05, 3.63) is 0 Å². The third-order valence-corrected chi connectivity index (χ3v) is 2.81. The van der Waals surface area contributed by atoms with E-state index in [1.807, 2.05) is 27.8 Å². The van der Waals surface area contributed by atoms with Gasteiger partial charge in [-0.25, -0.2) is 0 Å². The van der Waals surface area contributed by atoms with E-state index in [2.05, 4.69) is 0 Å². The SMILES string of the molecule is CN(C(=O)CC1CCCO1)C(C)(C)C. The minimum Gasteiger partial charge on any atom is -0.378 e. The molecular weight excluding hydrogens is 178 g/mol. The molecule has 1 atom stereocenters. The fourth-order valence-corrected chi connectivity index (χ4v) is 1.51. The van der Waals surface area contributed by atoms with Crippen molar-refractivity contribution in [1.82, 2.24) is 4.90 Å². The van der Waals surface area contributed by atoms with Crippen molar-refractivity contribution in [3.8, 4) is 0 Å². The maximum Gasteiger partial charge on any atom is 0.225 e. The Balaban J connectivity index is 2.41. The van der Waals surface area contributed by atoms with Crippen molar-refractivity contribution in [2.75, 3.05) is 13.7 Å². The summed E-state index contributed by atoms with van der Waals surface area (Å²) in [5.41, 5.74) is -0.0876. The summed E-state index contributed by atoms with van der Waals surface area (Å²) in [6, 6.07) is 0. The Labute approximate surface area is 86.4 Å². The molecule has 0 aromatic carbocycles. The molecule has 0 spiro atoms. The Kier molecular flexibility index (Phi) is 3.53. The maximum atomic E-state index is 11.8. The second-order valence-corrected chi connectivity index (χ2v) is 4.96. The number of hydrogen-bond acceptors (Lipinski definition) is 2. The highest BCUT2D eigenvalue weighted by atomic mass is 16.5. The molecule has 1 saturated heterocycles. The molecule has 0 N–H and O–H groups in total. The third kappa shape index (κ3) is 2.98. The summed E-state index contributed by atoms with van der Waals surface area (Å²) in [5.74, 6) is 0.185. The fourth-order valence-electron chi connectivity index (χ4n) is 1.51. The molecule has 0 aliphatic carbocycles. The molecule has 1 fully saturated rings. The minimum absolute atomic E-state index is 0.0876. The van der Waals surface area contributed by atoms with Crippen LogP contribution in [0.2, 0.25) is 0 Å². The first-order valence-electron chi connectivity index (χ1n) is 5.29. The molecule has 3 nitrogen and oxygen atoms in total.